The first-order valence-electron chi connectivity index (χ1n) is 8.89. The summed E-state index contributed by atoms with van der Waals surface area (Å²) < 4.78 is 11.3. The number of ether oxygens (including phenoxy) is 2. The summed E-state index contributed by atoms with van der Waals surface area (Å²) in [6, 6.07) is 8.83. The lowest BCUT2D eigenvalue weighted by Gasteiger charge is -2.12. The van der Waals surface area contributed by atoms with Crippen molar-refractivity contribution in [1.82, 2.24) is 0 Å². The Bertz CT molecular complexity index is 940. The summed E-state index contributed by atoms with van der Waals surface area (Å²) in [6.45, 7) is 4.38. The van der Waals surface area contributed by atoms with Crippen LogP contribution in [0.4, 0.5) is 11.4 Å². The van der Waals surface area contributed by atoms with Gasteiger partial charge in [-0.05, 0) is 48.4 Å². The van der Waals surface area contributed by atoms with Crippen LogP contribution in [0, 0.1) is 6.92 Å². The second-order valence-electron chi connectivity index (χ2n) is 6.36. The molecule has 146 valence electrons. The van der Waals surface area contributed by atoms with Gasteiger partial charge in [-0.2, -0.15) is 0 Å². The van der Waals surface area contributed by atoms with Gasteiger partial charge in [0.15, 0.2) is 11.5 Å². The number of carbonyl (C=O) groups is 2. The van der Waals surface area contributed by atoms with Gasteiger partial charge in [0.1, 0.15) is 0 Å². The molecule has 1 aliphatic rings. The third kappa shape index (κ3) is 4.84. The Labute approximate surface area is 168 Å². The highest BCUT2D eigenvalue weighted by atomic mass is 35.5. The highest BCUT2D eigenvalue weighted by Crippen LogP contribution is 2.38. The van der Waals surface area contributed by atoms with Crippen molar-refractivity contribution in [3.8, 4) is 11.5 Å². The maximum atomic E-state index is 12.3. The third-order valence-electron chi connectivity index (χ3n) is 4.15. The van der Waals surface area contributed by atoms with E-state index >= 15 is 0 Å². The van der Waals surface area contributed by atoms with E-state index in [1.807, 2.05) is 6.92 Å². The SMILES string of the molecule is CC(=O)Nc1cccc(NC(=O)/C=C/c2cc(Cl)c3c(c2)OCCCO3)c1C. The maximum Gasteiger partial charge on any atom is 0.248 e. The third-order valence-corrected chi connectivity index (χ3v) is 4.43. The largest absolute Gasteiger partial charge is 0.489 e. The minimum atomic E-state index is -0.300. The molecule has 7 heteroatoms. The van der Waals surface area contributed by atoms with Crippen LogP contribution in [0.15, 0.2) is 36.4 Å². The lowest BCUT2D eigenvalue weighted by molar-refractivity contribution is -0.114. The minimum Gasteiger partial charge on any atom is -0.489 e. The fraction of sp³-hybridized carbons (Fsp3) is 0.238. The highest BCUT2D eigenvalue weighted by Gasteiger charge is 2.15. The van der Waals surface area contributed by atoms with Crippen LogP contribution in [-0.2, 0) is 9.59 Å². The summed E-state index contributed by atoms with van der Waals surface area (Å²) in [5.74, 6) is 0.638. The number of anilines is 2. The zero-order valence-corrected chi connectivity index (χ0v) is 16.4. The standard InChI is InChI=1S/C21H21ClN2O4/c1-13-17(23-14(2)25)5-3-6-18(13)24-20(26)8-7-15-11-16(22)21-19(12-15)27-9-4-10-28-21/h3,5-8,11-12H,4,9-10H2,1-2H3,(H,23,25)(H,24,26)/b8-7+. The molecule has 1 heterocycles. The molecule has 28 heavy (non-hydrogen) atoms. The van der Waals surface area contributed by atoms with Gasteiger partial charge >= 0.3 is 0 Å². The molecule has 2 N–H and O–H groups in total. The first kappa shape index (κ1) is 19.8. The lowest BCUT2D eigenvalue weighted by atomic mass is 10.1. The van der Waals surface area contributed by atoms with E-state index in [-0.39, 0.29) is 11.8 Å². The first-order valence-corrected chi connectivity index (χ1v) is 9.27. The normalized spacial score (nSPS) is 13.1. The number of halogens is 1. The molecule has 1 aliphatic heterocycles. The first-order chi connectivity index (χ1) is 13.4. The molecule has 0 saturated carbocycles. The molecule has 0 unspecified atom stereocenters. The molecule has 0 aliphatic carbocycles. The number of hydrogen-bond donors (Lipinski definition) is 2. The zero-order chi connectivity index (χ0) is 20.1. The van der Waals surface area contributed by atoms with Crippen LogP contribution in [0.5, 0.6) is 11.5 Å². The molecule has 0 radical (unpaired) electrons. The highest BCUT2D eigenvalue weighted by molar-refractivity contribution is 6.32. The Hall–Kier alpha value is -2.99. The van der Waals surface area contributed by atoms with E-state index in [9.17, 15) is 9.59 Å². The van der Waals surface area contributed by atoms with E-state index < -0.39 is 0 Å². The predicted octanol–water partition coefficient (Wildman–Crippen LogP) is 4.42. The number of amides is 2. The molecule has 6 nitrogen and oxygen atoms in total. The number of nitrogens with one attached hydrogen (secondary N) is 2. The van der Waals surface area contributed by atoms with Gasteiger partial charge in [0, 0.05) is 30.8 Å². The Morgan fingerprint density at radius 2 is 1.82 bits per heavy atom. The van der Waals surface area contributed by atoms with Crippen molar-refractivity contribution in [1.29, 1.82) is 0 Å². The second kappa shape index (κ2) is 8.80. The minimum absolute atomic E-state index is 0.169. The van der Waals surface area contributed by atoms with Crippen LogP contribution in [0.3, 0.4) is 0 Å². The van der Waals surface area contributed by atoms with Crippen LogP contribution in [0.1, 0.15) is 24.5 Å². The molecule has 3 rings (SSSR count). The molecular formula is C21H21ClN2O4. The average molecular weight is 401 g/mol. The molecule has 2 aromatic carbocycles. The predicted molar refractivity (Wildman–Crippen MR) is 110 cm³/mol. The van der Waals surface area contributed by atoms with Crippen molar-refractivity contribution in [2.24, 2.45) is 0 Å². The Kier molecular flexibility index (Phi) is 6.21. The van der Waals surface area contributed by atoms with Crippen molar-refractivity contribution >= 4 is 40.9 Å². The zero-order valence-electron chi connectivity index (χ0n) is 15.7. The smallest absolute Gasteiger partial charge is 0.248 e. The van der Waals surface area contributed by atoms with Gasteiger partial charge in [-0.3, -0.25) is 9.59 Å². The van der Waals surface area contributed by atoms with Gasteiger partial charge in [-0.1, -0.05) is 17.7 Å². The van der Waals surface area contributed by atoms with Crippen LogP contribution in [0.25, 0.3) is 6.08 Å². The van der Waals surface area contributed by atoms with E-state index in [0.29, 0.717) is 41.1 Å². The monoisotopic (exact) mass is 400 g/mol. The molecule has 0 spiro atoms. The fourth-order valence-electron chi connectivity index (χ4n) is 2.79. The van der Waals surface area contributed by atoms with Gasteiger partial charge in [-0.15, -0.1) is 0 Å². The summed E-state index contributed by atoms with van der Waals surface area (Å²) in [5, 5.41) is 5.99. The molecular weight excluding hydrogens is 380 g/mol. The van der Waals surface area contributed by atoms with Gasteiger partial charge in [0.05, 0.1) is 18.2 Å². The van der Waals surface area contributed by atoms with Crippen molar-refractivity contribution in [2.45, 2.75) is 20.3 Å². The lowest BCUT2D eigenvalue weighted by Crippen LogP contribution is -2.12. The van der Waals surface area contributed by atoms with Crippen molar-refractivity contribution in [3.63, 3.8) is 0 Å². The van der Waals surface area contributed by atoms with Gasteiger partial charge in [0.25, 0.3) is 0 Å². The quantitative estimate of drug-likeness (QED) is 0.745. The average Bonchev–Trinajstić information content (AvgIpc) is 2.89. The van der Waals surface area contributed by atoms with Crippen LogP contribution >= 0.6 is 11.6 Å². The molecule has 2 amide bonds. The topological polar surface area (TPSA) is 76.7 Å². The molecule has 0 saturated heterocycles. The van der Waals surface area contributed by atoms with Crippen LogP contribution in [0.2, 0.25) is 5.02 Å². The molecule has 2 aromatic rings. The summed E-state index contributed by atoms with van der Waals surface area (Å²) in [6.07, 6.45) is 3.86. The van der Waals surface area contributed by atoms with Gasteiger partial charge in [-0.25, -0.2) is 0 Å². The fourth-order valence-corrected chi connectivity index (χ4v) is 3.06. The maximum absolute atomic E-state index is 12.3. The van der Waals surface area contributed by atoms with Crippen molar-refractivity contribution < 1.29 is 19.1 Å². The number of carbonyl (C=O) groups excluding carboxylic acids is 2. The van der Waals surface area contributed by atoms with E-state index in [0.717, 1.165) is 17.5 Å². The Morgan fingerprint density at radius 1 is 1.11 bits per heavy atom. The molecule has 0 aromatic heterocycles. The van der Waals surface area contributed by atoms with Crippen molar-refractivity contribution in [2.75, 3.05) is 23.8 Å². The Morgan fingerprint density at radius 3 is 2.57 bits per heavy atom. The van der Waals surface area contributed by atoms with Crippen LogP contribution < -0.4 is 20.1 Å². The second-order valence-corrected chi connectivity index (χ2v) is 6.77. The van der Waals surface area contributed by atoms with E-state index in [1.54, 1.807) is 36.4 Å². The Balaban J connectivity index is 1.73. The number of benzene rings is 2. The summed E-state index contributed by atoms with van der Waals surface area (Å²) >= 11 is 6.27. The number of fused-ring (bicyclic) bond motifs is 1. The molecule has 0 atom stereocenters. The van der Waals surface area contributed by atoms with Crippen molar-refractivity contribution in [3.05, 3.63) is 52.6 Å². The summed E-state index contributed by atoms with van der Waals surface area (Å²) in [7, 11) is 0. The van der Waals surface area contributed by atoms with E-state index in [2.05, 4.69) is 10.6 Å². The summed E-state index contributed by atoms with van der Waals surface area (Å²) in [4.78, 5) is 23.6. The van der Waals surface area contributed by atoms with E-state index in [1.165, 1.54) is 13.0 Å². The van der Waals surface area contributed by atoms with E-state index in [4.69, 9.17) is 21.1 Å². The van der Waals surface area contributed by atoms with Crippen LogP contribution in [-0.4, -0.2) is 25.0 Å². The number of rotatable bonds is 4. The summed E-state index contributed by atoms with van der Waals surface area (Å²) in [5.41, 5.74) is 2.78. The van der Waals surface area contributed by atoms with Gasteiger partial charge in [0.2, 0.25) is 11.8 Å². The molecule has 0 bridgehead atoms. The number of hydrogen-bond acceptors (Lipinski definition) is 4. The molecule has 0 fully saturated rings. The van der Waals surface area contributed by atoms with Gasteiger partial charge < -0.3 is 20.1 Å².